The van der Waals surface area contributed by atoms with Crippen LogP contribution in [0.4, 0.5) is 0 Å². The molecule has 0 aliphatic rings. The molecule has 194 valence electrons. The molecule has 0 bridgehead atoms. The SMILES string of the molecule is CCCCCCCCCCCCCCCCCC[N+](C)(C)C.O=S(=O)([O-])Cc1ccccc1. The first-order valence-corrected chi connectivity index (χ1v) is 15.0. The maximum absolute atomic E-state index is 10.2. The van der Waals surface area contributed by atoms with Crippen molar-refractivity contribution in [2.75, 3.05) is 27.7 Å². The van der Waals surface area contributed by atoms with Crippen molar-refractivity contribution in [2.45, 2.75) is 115 Å². The summed E-state index contributed by atoms with van der Waals surface area (Å²) in [6, 6.07) is 8.37. The topological polar surface area (TPSA) is 57.2 Å². The molecule has 0 N–H and O–H groups in total. The van der Waals surface area contributed by atoms with Crippen LogP contribution in [0.3, 0.4) is 0 Å². The van der Waals surface area contributed by atoms with Crippen molar-refractivity contribution in [3.63, 3.8) is 0 Å². The summed E-state index contributed by atoms with van der Waals surface area (Å²) in [5.74, 6) is -0.423. The highest BCUT2D eigenvalue weighted by Crippen LogP contribution is 2.14. The van der Waals surface area contributed by atoms with Crippen LogP contribution in [0.1, 0.15) is 115 Å². The van der Waals surface area contributed by atoms with Crippen molar-refractivity contribution >= 4 is 10.1 Å². The molecule has 1 aromatic carbocycles. The normalized spacial score (nSPS) is 11.8. The van der Waals surface area contributed by atoms with E-state index in [4.69, 9.17) is 0 Å². The highest BCUT2D eigenvalue weighted by molar-refractivity contribution is 7.84. The van der Waals surface area contributed by atoms with Crippen LogP contribution in [0, 0.1) is 0 Å². The molecule has 0 aromatic heterocycles. The Bertz CT molecular complexity index is 639. The van der Waals surface area contributed by atoms with E-state index in [1.807, 2.05) is 0 Å². The van der Waals surface area contributed by atoms with E-state index >= 15 is 0 Å². The van der Waals surface area contributed by atoms with Crippen molar-refractivity contribution in [2.24, 2.45) is 0 Å². The minimum absolute atomic E-state index is 0.423. The van der Waals surface area contributed by atoms with Gasteiger partial charge in [0.25, 0.3) is 0 Å². The predicted octanol–water partition coefficient (Wildman–Crippen LogP) is 7.69. The van der Waals surface area contributed by atoms with Crippen LogP contribution in [0.5, 0.6) is 0 Å². The standard InChI is InChI=1S/C21H46N.C7H8O3S/c1-5-6-7-8-9-10-11-12-13-14-15-16-17-18-19-20-21-22(2,3)4;8-11(9,10)6-7-4-2-1-3-5-7/h5-21H2,1-4H3;1-5H,6H2,(H,8,9,10)/q+1;/p-1. The summed E-state index contributed by atoms with van der Waals surface area (Å²) in [6.45, 7) is 3.63. The minimum atomic E-state index is -4.13. The average Bonchev–Trinajstić information content (AvgIpc) is 2.73. The Labute approximate surface area is 206 Å². The number of unbranched alkanes of at least 4 members (excludes halogenated alkanes) is 15. The molecule has 33 heavy (non-hydrogen) atoms. The first-order chi connectivity index (χ1) is 15.6. The number of rotatable bonds is 19. The molecule has 0 heterocycles. The molecule has 0 aliphatic heterocycles. The van der Waals surface area contributed by atoms with Crippen LogP contribution < -0.4 is 0 Å². The van der Waals surface area contributed by atoms with Gasteiger partial charge in [-0.15, -0.1) is 0 Å². The van der Waals surface area contributed by atoms with E-state index in [2.05, 4.69) is 28.1 Å². The third-order valence-corrected chi connectivity index (χ3v) is 6.56. The van der Waals surface area contributed by atoms with Gasteiger partial charge in [-0.25, -0.2) is 8.42 Å². The van der Waals surface area contributed by atoms with Gasteiger partial charge in [0.2, 0.25) is 0 Å². The molecule has 1 aromatic rings. The fourth-order valence-electron chi connectivity index (χ4n) is 3.91. The molecular formula is C28H53NO3S. The number of hydrogen-bond donors (Lipinski definition) is 0. The molecule has 0 saturated heterocycles. The fourth-order valence-corrected chi connectivity index (χ4v) is 4.51. The Morgan fingerprint density at radius 1 is 0.636 bits per heavy atom. The van der Waals surface area contributed by atoms with Gasteiger partial charge >= 0.3 is 0 Å². The first-order valence-electron chi connectivity index (χ1n) is 13.4. The number of quaternary nitrogens is 1. The van der Waals surface area contributed by atoms with E-state index < -0.39 is 15.9 Å². The summed E-state index contributed by atoms with van der Waals surface area (Å²) in [4.78, 5) is 0. The highest BCUT2D eigenvalue weighted by Gasteiger charge is 2.05. The van der Waals surface area contributed by atoms with Gasteiger partial charge in [0.1, 0.15) is 0 Å². The Balaban J connectivity index is 0.000000771. The first kappa shape index (κ1) is 32.1. The molecule has 0 unspecified atom stereocenters. The summed E-state index contributed by atoms with van der Waals surface area (Å²) >= 11 is 0. The zero-order valence-electron chi connectivity index (χ0n) is 22.2. The quantitative estimate of drug-likeness (QED) is 0.115. The Morgan fingerprint density at radius 2 is 1.00 bits per heavy atom. The molecule has 0 fully saturated rings. The molecule has 0 spiro atoms. The van der Waals surface area contributed by atoms with Gasteiger partial charge in [0, 0.05) is 0 Å². The molecule has 0 radical (unpaired) electrons. The second kappa shape index (κ2) is 20.5. The molecule has 5 heteroatoms. The summed E-state index contributed by atoms with van der Waals surface area (Å²) in [7, 11) is 2.76. The monoisotopic (exact) mass is 483 g/mol. The Hall–Kier alpha value is -0.910. The van der Waals surface area contributed by atoms with Crippen LogP contribution in [-0.4, -0.2) is 45.1 Å². The fraction of sp³-hybridized carbons (Fsp3) is 0.786. The van der Waals surface area contributed by atoms with Crippen LogP contribution in [-0.2, 0) is 15.9 Å². The predicted molar refractivity (Wildman–Crippen MR) is 142 cm³/mol. The maximum atomic E-state index is 10.2. The Kier molecular flexibility index (Phi) is 19.9. The summed E-state index contributed by atoms with van der Waals surface area (Å²) < 4.78 is 31.9. The minimum Gasteiger partial charge on any atom is -0.748 e. The van der Waals surface area contributed by atoms with Crippen LogP contribution in [0.15, 0.2) is 30.3 Å². The Morgan fingerprint density at radius 3 is 1.33 bits per heavy atom. The van der Waals surface area contributed by atoms with Gasteiger partial charge in [-0.05, 0) is 18.4 Å². The maximum Gasteiger partial charge on any atom is 0.0988 e. The van der Waals surface area contributed by atoms with Gasteiger partial charge in [-0.3, -0.25) is 0 Å². The van der Waals surface area contributed by atoms with E-state index in [0.717, 1.165) is 4.48 Å². The van der Waals surface area contributed by atoms with Crippen molar-refractivity contribution < 1.29 is 17.5 Å². The van der Waals surface area contributed by atoms with Crippen LogP contribution >= 0.6 is 0 Å². The molecule has 0 aliphatic carbocycles. The van der Waals surface area contributed by atoms with Crippen LogP contribution in [0.25, 0.3) is 0 Å². The van der Waals surface area contributed by atoms with E-state index in [0.29, 0.717) is 5.56 Å². The van der Waals surface area contributed by atoms with Gasteiger partial charge in [0.15, 0.2) is 0 Å². The number of hydrogen-bond acceptors (Lipinski definition) is 3. The third-order valence-electron chi connectivity index (χ3n) is 5.87. The summed E-state index contributed by atoms with van der Waals surface area (Å²) in [5, 5.41) is 0. The lowest BCUT2D eigenvalue weighted by Gasteiger charge is -2.23. The van der Waals surface area contributed by atoms with Crippen molar-refractivity contribution in [1.29, 1.82) is 0 Å². The number of nitrogens with zero attached hydrogens (tertiary/aromatic N) is 1. The van der Waals surface area contributed by atoms with Gasteiger partial charge in [-0.2, -0.15) is 0 Å². The third kappa shape index (κ3) is 27.2. The van der Waals surface area contributed by atoms with Crippen molar-refractivity contribution in [1.82, 2.24) is 0 Å². The highest BCUT2D eigenvalue weighted by atomic mass is 32.2. The van der Waals surface area contributed by atoms with Crippen LogP contribution in [0.2, 0.25) is 0 Å². The van der Waals surface area contributed by atoms with Crippen molar-refractivity contribution in [3.05, 3.63) is 35.9 Å². The molecule has 1 rings (SSSR count). The second-order valence-corrected chi connectivity index (χ2v) is 11.9. The van der Waals surface area contributed by atoms with E-state index in [-0.39, 0.29) is 0 Å². The van der Waals surface area contributed by atoms with E-state index in [1.165, 1.54) is 109 Å². The molecule has 0 amide bonds. The zero-order chi connectivity index (χ0) is 24.8. The molecule has 4 nitrogen and oxygen atoms in total. The van der Waals surface area contributed by atoms with E-state index in [1.54, 1.807) is 30.3 Å². The van der Waals surface area contributed by atoms with Crippen molar-refractivity contribution in [3.8, 4) is 0 Å². The molecule has 0 atom stereocenters. The van der Waals surface area contributed by atoms with E-state index in [9.17, 15) is 13.0 Å². The zero-order valence-corrected chi connectivity index (χ0v) is 23.0. The second-order valence-electron chi connectivity index (χ2n) is 10.5. The summed E-state index contributed by atoms with van der Waals surface area (Å²) in [5.41, 5.74) is 0.530. The largest absolute Gasteiger partial charge is 0.748 e. The van der Waals surface area contributed by atoms with Gasteiger partial charge < -0.3 is 9.04 Å². The summed E-state index contributed by atoms with van der Waals surface area (Å²) in [6.07, 6.45) is 23.4. The van der Waals surface area contributed by atoms with Gasteiger partial charge in [0.05, 0.1) is 43.6 Å². The van der Waals surface area contributed by atoms with Gasteiger partial charge in [-0.1, -0.05) is 127 Å². The smallest absolute Gasteiger partial charge is 0.0988 e. The lowest BCUT2D eigenvalue weighted by atomic mass is 10.0. The molecule has 0 saturated carbocycles. The average molecular weight is 484 g/mol. The lowest BCUT2D eigenvalue weighted by molar-refractivity contribution is -0.870. The molecular weight excluding hydrogens is 430 g/mol. The lowest BCUT2D eigenvalue weighted by Crippen LogP contribution is -2.35. The number of benzene rings is 1.